The van der Waals surface area contributed by atoms with Crippen molar-refractivity contribution in [2.75, 3.05) is 13.7 Å². The maximum atomic E-state index is 10.7. The van der Waals surface area contributed by atoms with Gasteiger partial charge in [0.05, 0.1) is 26.6 Å². The Morgan fingerprint density at radius 1 is 1.04 bits per heavy atom. The molecule has 1 heterocycles. The second-order valence-corrected chi connectivity index (χ2v) is 5.38. The molecule has 0 amide bonds. The van der Waals surface area contributed by atoms with Crippen molar-refractivity contribution < 1.29 is 30.9 Å². The third-order valence-corrected chi connectivity index (χ3v) is 3.57. The average molecular weight is 349 g/mol. The second-order valence-electron chi connectivity index (χ2n) is 5.38. The van der Waals surface area contributed by atoms with E-state index < -0.39 is 31.1 Å². The molecular formula is C20H24O5. The van der Waals surface area contributed by atoms with Crippen molar-refractivity contribution in [1.29, 1.82) is 0 Å². The van der Waals surface area contributed by atoms with E-state index in [9.17, 15) is 5.11 Å². The minimum atomic E-state index is -2.94. The van der Waals surface area contributed by atoms with Crippen LogP contribution in [0.15, 0.2) is 60.7 Å². The first-order valence-corrected chi connectivity index (χ1v) is 7.86. The number of hydrogen-bond acceptors (Lipinski definition) is 5. The molecule has 2 aromatic carbocycles. The lowest BCUT2D eigenvalue weighted by Crippen LogP contribution is -2.37. The summed E-state index contributed by atoms with van der Waals surface area (Å²) in [4.78, 5) is 0. The summed E-state index contributed by atoms with van der Waals surface area (Å²) in [5.41, 5.74) is 1.24. The van der Waals surface area contributed by atoms with Crippen LogP contribution in [0.2, 0.25) is 0 Å². The molecule has 0 spiro atoms. The van der Waals surface area contributed by atoms with Gasteiger partial charge in [-0.3, -0.25) is 0 Å². The van der Waals surface area contributed by atoms with Crippen molar-refractivity contribution in [3.63, 3.8) is 0 Å². The van der Waals surface area contributed by atoms with Crippen molar-refractivity contribution >= 4 is 0 Å². The quantitative estimate of drug-likeness (QED) is 0.794. The third kappa shape index (κ3) is 4.87. The highest BCUT2D eigenvalue weighted by molar-refractivity contribution is 5.14. The maximum absolute atomic E-state index is 10.7. The first-order chi connectivity index (χ1) is 14.1. The highest BCUT2D eigenvalue weighted by Crippen LogP contribution is 2.26. The Labute approximate surface area is 155 Å². The number of benzene rings is 2. The largest absolute Gasteiger partial charge is 0.385 e. The lowest BCUT2D eigenvalue weighted by atomic mass is 10.1. The molecule has 4 atom stereocenters. The fourth-order valence-corrected chi connectivity index (χ4v) is 2.30. The van der Waals surface area contributed by atoms with E-state index in [4.69, 9.17) is 25.8 Å². The number of rotatable bonds is 8. The van der Waals surface area contributed by atoms with Crippen LogP contribution in [0.1, 0.15) is 18.0 Å². The Bertz CT molecular complexity index is 838. The van der Waals surface area contributed by atoms with Crippen molar-refractivity contribution in [3.05, 3.63) is 71.8 Å². The molecule has 1 N–H and O–H groups in total. The van der Waals surface area contributed by atoms with E-state index in [-0.39, 0.29) is 13.2 Å². The standard InChI is InChI=1S/C20H24O5/c1-22-20-18(21)19(24-13-16-10-6-3-7-11-16)17(25-20)14-23-12-15-8-4-2-5-9-15/h2-11,17-21H,12-14H2,1H3/t17-,18+,19-,20-/m1/s1/i14D2,17D,18D,19D. The van der Waals surface area contributed by atoms with E-state index >= 15 is 0 Å². The number of aliphatic hydroxyl groups is 1. The summed E-state index contributed by atoms with van der Waals surface area (Å²) < 4.78 is 63.3. The number of methoxy groups -OCH3 is 1. The van der Waals surface area contributed by atoms with Crippen LogP contribution >= 0.6 is 0 Å². The normalized spacial score (nSPS) is 38.3. The maximum Gasteiger partial charge on any atom is 0.186 e. The van der Waals surface area contributed by atoms with Gasteiger partial charge in [0.25, 0.3) is 0 Å². The molecule has 134 valence electrons. The van der Waals surface area contributed by atoms with Crippen molar-refractivity contribution in [2.24, 2.45) is 0 Å². The molecule has 5 heteroatoms. The molecule has 1 fully saturated rings. The average Bonchev–Trinajstić information content (AvgIpc) is 2.90. The number of ether oxygens (including phenoxy) is 4. The Morgan fingerprint density at radius 3 is 2.24 bits per heavy atom. The van der Waals surface area contributed by atoms with E-state index in [0.29, 0.717) is 11.1 Å². The molecule has 1 aliphatic heterocycles. The zero-order valence-corrected chi connectivity index (χ0v) is 13.8. The van der Waals surface area contributed by atoms with Crippen molar-refractivity contribution in [3.8, 4) is 0 Å². The van der Waals surface area contributed by atoms with Gasteiger partial charge in [-0.2, -0.15) is 0 Å². The van der Waals surface area contributed by atoms with Gasteiger partial charge in [0.2, 0.25) is 0 Å². The van der Waals surface area contributed by atoms with E-state index in [1.54, 1.807) is 60.7 Å². The Balaban J connectivity index is 1.91. The van der Waals surface area contributed by atoms with Gasteiger partial charge in [0.15, 0.2) is 6.29 Å². The van der Waals surface area contributed by atoms with E-state index in [2.05, 4.69) is 0 Å². The molecule has 25 heavy (non-hydrogen) atoms. The molecule has 5 nitrogen and oxygen atoms in total. The van der Waals surface area contributed by atoms with Crippen LogP contribution in [0.3, 0.4) is 0 Å². The highest BCUT2D eigenvalue weighted by Gasteiger charge is 2.44. The summed E-state index contributed by atoms with van der Waals surface area (Å²) in [5, 5.41) is 10.7. The molecule has 0 bridgehead atoms. The minimum Gasteiger partial charge on any atom is -0.385 e. The fraction of sp³-hybridized carbons (Fsp3) is 0.400. The van der Waals surface area contributed by atoms with Gasteiger partial charge in [-0.15, -0.1) is 0 Å². The monoisotopic (exact) mass is 349 g/mol. The molecular weight excluding hydrogens is 320 g/mol. The van der Waals surface area contributed by atoms with Crippen LogP contribution in [0.25, 0.3) is 0 Å². The van der Waals surface area contributed by atoms with E-state index in [1.807, 2.05) is 0 Å². The smallest absolute Gasteiger partial charge is 0.186 e. The predicted octanol–water partition coefficient (Wildman–Crippen LogP) is 2.52. The van der Waals surface area contributed by atoms with Crippen LogP contribution in [0, 0.1) is 0 Å². The summed E-state index contributed by atoms with van der Waals surface area (Å²) in [6.45, 7) is -3.43. The van der Waals surface area contributed by atoms with Crippen molar-refractivity contribution in [2.45, 2.75) is 37.7 Å². The first kappa shape index (κ1) is 12.6. The molecule has 3 rings (SSSR count). The summed E-state index contributed by atoms with van der Waals surface area (Å²) in [5.74, 6) is 0. The van der Waals surface area contributed by atoms with E-state index in [1.165, 1.54) is 0 Å². The van der Waals surface area contributed by atoms with Gasteiger partial charge < -0.3 is 24.1 Å². The molecule has 0 saturated carbocycles. The molecule has 0 unspecified atom stereocenters. The third-order valence-electron chi connectivity index (χ3n) is 3.57. The lowest BCUT2D eigenvalue weighted by Gasteiger charge is -2.20. The van der Waals surface area contributed by atoms with Crippen LogP contribution in [-0.2, 0) is 32.2 Å². The van der Waals surface area contributed by atoms with Gasteiger partial charge in [0, 0.05) is 7.11 Å². The molecule has 1 saturated heterocycles. The summed E-state index contributed by atoms with van der Waals surface area (Å²) in [7, 11) is 1.12. The molecule has 2 aromatic rings. The Morgan fingerprint density at radius 2 is 1.64 bits per heavy atom. The summed E-state index contributed by atoms with van der Waals surface area (Å²) in [6, 6.07) is 17.4. The van der Waals surface area contributed by atoms with Gasteiger partial charge >= 0.3 is 0 Å². The van der Waals surface area contributed by atoms with Gasteiger partial charge in [0.1, 0.15) is 18.2 Å². The lowest BCUT2D eigenvalue weighted by molar-refractivity contribution is -0.156. The Hall–Kier alpha value is -1.76. The predicted molar refractivity (Wildman–Crippen MR) is 92.8 cm³/mol. The van der Waals surface area contributed by atoms with Crippen LogP contribution in [0.4, 0.5) is 0 Å². The van der Waals surface area contributed by atoms with Crippen LogP contribution in [0.5, 0.6) is 0 Å². The molecule has 1 aliphatic rings. The van der Waals surface area contributed by atoms with Gasteiger partial charge in [-0.05, 0) is 11.1 Å². The van der Waals surface area contributed by atoms with Gasteiger partial charge in [-0.1, -0.05) is 60.7 Å². The van der Waals surface area contributed by atoms with E-state index in [0.717, 1.165) is 7.11 Å². The highest BCUT2D eigenvalue weighted by atomic mass is 16.7. The SMILES string of the molecule is [2H]C([2H])(OCc1ccccc1)[C@@]1([2H])O[C@@H](OC)[C@@]([2H])(O)[C@]1([2H])OCc1ccccc1. The second kappa shape index (κ2) is 9.08. The topological polar surface area (TPSA) is 57.2 Å². The summed E-state index contributed by atoms with van der Waals surface area (Å²) in [6.07, 6.45) is -10.6. The zero-order chi connectivity index (χ0) is 22.0. The van der Waals surface area contributed by atoms with Crippen molar-refractivity contribution in [1.82, 2.24) is 0 Å². The summed E-state index contributed by atoms with van der Waals surface area (Å²) >= 11 is 0. The fourth-order valence-electron chi connectivity index (χ4n) is 2.30. The Kier molecular flexibility index (Phi) is 4.57. The first-order valence-electron chi connectivity index (χ1n) is 10.4. The molecule has 0 aromatic heterocycles. The molecule has 0 radical (unpaired) electrons. The zero-order valence-electron chi connectivity index (χ0n) is 18.8. The van der Waals surface area contributed by atoms with Gasteiger partial charge in [-0.25, -0.2) is 0 Å². The number of hydrogen-bond donors (Lipinski definition) is 1. The van der Waals surface area contributed by atoms with Crippen LogP contribution < -0.4 is 0 Å². The minimum absolute atomic E-state index is 0.222. The van der Waals surface area contributed by atoms with Crippen LogP contribution in [-0.4, -0.2) is 43.3 Å². The molecule has 0 aliphatic carbocycles.